The van der Waals surface area contributed by atoms with Crippen LogP contribution in [0.4, 0.5) is 4.39 Å². The van der Waals surface area contributed by atoms with E-state index in [1.54, 1.807) is 37.6 Å². The maximum absolute atomic E-state index is 13.8. The Hall–Kier alpha value is -1.73. The van der Waals surface area contributed by atoms with E-state index in [4.69, 9.17) is 13.9 Å². The highest BCUT2D eigenvalue weighted by Crippen LogP contribution is 2.11. The number of aliphatic hydroxyl groups excluding tert-OH is 1. The normalized spacial score (nSPS) is 12.7. The molecule has 1 heterocycles. The van der Waals surface area contributed by atoms with Gasteiger partial charge in [-0.1, -0.05) is 18.2 Å². The molecule has 0 unspecified atom stereocenters. The summed E-state index contributed by atoms with van der Waals surface area (Å²) in [4.78, 5) is 1.95. The second-order valence-electron chi connectivity index (χ2n) is 5.57. The molecule has 2 aromatic rings. The van der Waals surface area contributed by atoms with Crippen LogP contribution in [-0.4, -0.2) is 49.5 Å². The Morgan fingerprint density at radius 1 is 1.25 bits per heavy atom. The summed E-state index contributed by atoms with van der Waals surface area (Å²) in [7, 11) is 1.62. The summed E-state index contributed by atoms with van der Waals surface area (Å²) in [5, 5.41) is 10.2. The van der Waals surface area contributed by atoms with Gasteiger partial charge >= 0.3 is 0 Å². The fraction of sp³-hybridized carbons (Fsp3) is 0.444. The molecule has 0 saturated carbocycles. The fourth-order valence-electron chi connectivity index (χ4n) is 2.36. The van der Waals surface area contributed by atoms with Gasteiger partial charge in [-0.15, -0.1) is 0 Å². The lowest BCUT2D eigenvalue weighted by Crippen LogP contribution is -2.36. The summed E-state index contributed by atoms with van der Waals surface area (Å²) < 4.78 is 29.5. The van der Waals surface area contributed by atoms with Crippen LogP contribution in [0.25, 0.3) is 0 Å². The van der Waals surface area contributed by atoms with Crippen LogP contribution in [0.1, 0.15) is 11.3 Å². The second-order valence-corrected chi connectivity index (χ2v) is 5.57. The molecule has 0 fully saturated rings. The highest BCUT2D eigenvalue weighted by Gasteiger charge is 2.14. The van der Waals surface area contributed by atoms with Crippen molar-refractivity contribution >= 4 is 0 Å². The number of hydrogen-bond donors (Lipinski definition) is 1. The number of furan rings is 1. The Bertz CT molecular complexity index is 576. The molecule has 0 bridgehead atoms. The highest BCUT2D eigenvalue weighted by molar-refractivity contribution is 5.17. The van der Waals surface area contributed by atoms with Gasteiger partial charge in [-0.3, -0.25) is 4.90 Å². The number of halogens is 1. The molecule has 0 aliphatic carbocycles. The van der Waals surface area contributed by atoms with Crippen molar-refractivity contribution in [2.24, 2.45) is 0 Å². The van der Waals surface area contributed by atoms with Crippen molar-refractivity contribution in [3.05, 3.63) is 59.8 Å². The Balaban J connectivity index is 1.81. The van der Waals surface area contributed by atoms with E-state index >= 15 is 0 Å². The van der Waals surface area contributed by atoms with Crippen LogP contribution >= 0.6 is 0 Å². The van der Waals surface area contributed by atoms with Gasteiger partial charge < -0.3 is 19.0 Å². The van der Waals surface area contributed by atoms with E-state index in [0.29, 0.717) is 44.2 Å². The molecule has 0 saturated heterocycles. The lowest BCUT2D eigenvalue weighted by Gasteiger charge is -2.25. The molecule has 2 rings (SSSR count). The number of benzene rings is 1. The lowest BCUT2D eigenvalue weighted by molar-refractivity contribution is 0.000330. The van der Waals surface area contributed by atoms with Gasteiger partial charge in [0.05, 0.1) is 25.6 Å². The molecular formula is C18H24FNO4. The van der Waals surface area contributed by atoms with E-state index in [1.807, 2.05) is 11.0 Å². The fourth-order valence-corrected chi connectivity index (χ4v) is 2.36. The Kier molecular flexibility index (Phi) is 7.91. The van der Waals surface area contributed by atoms with E-state index in [1.165, 1.54) is 6.07 Å². The summed E-state index contributed by atoms with van der Waals surface area (Å²) in [5.41, 5.74) is 0.595. The molecule has 6 heteroatoms. The maximum Gasteiger partial charge on any atom is 0.129 e. The predicted molar refractivity (Wildman–Crippen MR) is 87.9 cm³/mol. The number of ether oxygens (including phenoxy) is 2. The van der Waals surface area contributed by atoms with Gasteiger partial charge in [0, 0.05) is 32.3 Å². The molecular weight excluding hydrogens is 313 g/mol. The van der Waals surface area contributed by atoms with Crippen molar-refractivity contribution in [2.75, 3.05) is 33.4 Å². The van der Waals surface area contributed by atoms with Crippen molar-refractivity contribution in [1.29, 1.82) is 0 Å². The average molecular weight is 337 g/mol. The SMILES string of the molecule is COCCN(Cc1ccccc1F)C[C@@H](O)COCc1ccco1. The third-order valence-corrected chi connectivity index (χ3v) is 3.57. The van der Waals surface area contributed by atoms with Crippen LogP contribution in [0, 0.1) is 5.82 Å². The maximum atomic E-state index is 13.8. The molecule has 0 aliphatic rings. The summed E-state index contributed by atoms with van der Waals surface area (Å²) in [6, 6.07) is 10.2. The zero-order valence-electron chi connectivity index (χ0n) is 13.9. The van der Waals surface area contributed by atoms with E-state index in [-0.39, 0.29) is 12.4 Å². The Morgan fingerprint density at radius 2 is 2.08 bits per heavy atom. The molecule has 0 aliphatic heterocycles. The lowest BCUT2D eigenvalue weighted by atomic mass is 10.2. The second kappa shape index (κ2) is 10.2. The molecule has 1 atom stereocenters. The third kappa shape index (κ3) is 6.41. The quantitative estimate of drug-likeness (QED) is 0.683. The number of methoxy groups -OCH3 is 1. The zero-order chi connectivity index (χ0) is 17.2. The summed E-state index contributed by atoms with van der Waals surface area (Å²) >= 11 is 0. The summed E-state index contributed by atoms with van der Waals surface area (Å²) in [6.45, 7) is 2.38. The first-order valence-electron chi connectivity index (χ1n) is 7.92. The van der Waals surface area contributed by atoms with Gasteiger partial charge in [0.25, 0.3) is 0 Å². The number of rotatable bonds is 11. The van der Waals surface area contributed by atoms with Crippen molar-refractivity contribution in [2.45, 2.75) is 19.3 Å². The summed E-state index contributed by atoms with van der Waals surface area (Å²) in [6.07, 6.45) is 0.902. The van der Waals surface area contributed by atoms with Gasteiger partial charge in [0.2, 0.25) is 0 Å². The van der Waals surface area contributed by atoms with E-state index in [2.05, 4.69) is 0 Å². The third-order valence-electron chi connectivity index (χ3n) is 3.57. The smallest absolute Gasteiger partial charge is 0.129 e. The van der Waals surface area contributed by atoms with E-state index in [9.17, 15) is 9.50 Å². The summed E-state index contributed by atoms with van der Waals surface area (Å²) in [5.74, 6) is 0.466. The van der Waals surface area contributed by atoms with Crippen LogP contribution in [0.15, 0.2) is 47.1 Å². The first-order valence-corrected chi connectivity index (χ1v) is 7.92. The minimum atomic E-state index is -0.677. The van der Waals surface area contributed by atoms with Crippen LogP contribution in [0.5, 0.6) is 0 Å². The first kappa shape index (κ1) is 18.6. The van der Waals surface area contributed by atoms with Crippen LogP contribution in [0.2, 0.25) is 0 Å². The van der Waals surface area contributed by atoms with E-state index in [0.717, 1.165) is 0 Å². The Labute approximate surface area is 141 Å². The zero-order valence-corrected chi connectivity index (χ0v) is 13.9. The Morgan fingerprint density at radius 3 is 2.79 bits per heavy atom. The number of nitrogens with zero attached hydrogens (tertiary/aromatic N) is 1. The van der Waals surface area contributed by atoms with Crippen molar-refractivity contribution in [3.63, 3.8) is 0 Å². The molecule has 1 N–H and O–H groups in total. The molecule has 132 valence electrons. The van der Waals surface area contributed by atoms with Crippen molar-refractivity contribution in [3.8, 4) is 0 Å². The molecule has 0 spiro atoms. The predicted octanol–water partition coefficient (Wildman–Crippen LogP) is 2.44. The van der Waals surface area contributed by atoms with Gasteiger partial charge in [-0.2, -0.15) is 0 Å². The van der Waals surface area contributed by atoms with Gasteiger partial charge in [0.1, 0.15) is 18.2 Å². The topological polar surface area (TPSA) is 55.1 Å². The van der Waals surface area contributed by atoms with Gasteiger partial charge in [-0.25, -0.2) is 4.39 Å². The molecule has 5 nitrogen and oxygen atoms in total. The van der Waals surface area contributed by atoms with Crippen molar-refractivity contribution < 1.29 is 23.4 Å². The van der Waals surface area contributed by atoms with Crippen molar-refractivity contribution in [1.82, 2.24) is 4.90 Å². The molecule has 0 radical (unpaired) electrons. The monoisotopic (exact) mass is 337 g/mol. The van der Waals surface area contributed by atoms with Crippen LogP contribution in [0.3, 0.4) is 0 Å². The highest BCUT2D eigenvalue weighted by atomic mass is 19.1. The molecule has 24 heavy (non-hydrogen) atoms. The molecule has 1 aromatic heterocycles. The molecule has 0 amide bonds. The number of hydrogen-bond acceptors (Lipinski definition) is 5. The van der Waals surface area contributed by atoms with Crippen LogP contribution in [-0.2, 0) is 22.6 Å². The largest absolute Gasteiger partial charge is 0.467 e. The van der Waals surface area contributed by atoms with Gasteiger partial charge in [-0.05, 0) is 18.2 Å². The minimum absolute atomic E-state index is 0.182. The van der Waals surface area contributed by atoms with Gasteiger partial charge in [0.15, 0.2) is 0 Å². The first-order chi connectivity index (χ1) is 11.7. The minimum Gasteiger partial charge on any atom is -0.467 e. The molecule has 1 aromatic carbocycles. The van der Waals surface area contributed by atoms with Crippen LogP contribution < -0.4 is 0 Å². The average Bonchev–Trinajstić information content (AvgIpc) is 3.08. The van der Waals surface area contributed by atoms with E-state index < -0.39 is 6.10 Å². The number of aliphatic hydroxyl groups is 1. The standard InChI is InChI=1S/C18H24FNO4/c1-22-10-8-20(11-15-5-2-3-7-18(15)19)12-16(21)13-23-14-17-6-4-9-24-17/h2-7,9,16,21H,8,10-14H2,1H3/t16-/m1/s1.